The number of aryl methyl sites for hydroxylation is 1. The highest BCUT2D eigenvalue weighted by Gasteiger charge is 2.25. The number of benzene rings is 2. The SMILES string of the molecule is Cn1c(=O)[nH]c2ncc(-c3cccc(C(=O)N4CCCC(c5ccccc5)C4)c3)cc21. The fraction of sp³-hybridized carbons (Fsp3) is 0.240. The number of aromatic nitrogens is 3. The van der Waals surface area contributed by atoms with Crippen LogP contribution in [-0.2, 0) is 7.05 Å². The zero-order valence-electron chi connectivity index (χ0n) is 17.4. The number of nitrogens with one attached hydrogen (secondary N) is 1. The van der Waals surface area contributed by atoms with Gasteiger partial charge in [-0.15, -0.1) is 0 Å². The molecule has 1 atom stereocenters. The Kier molecular flexibility index (Phi) is 4.90. The minimum atomic E-state index is -0.193. The van der Waals surface area contributed by atoms with Crippen molar-refractivity contribution in [2.45, 2.75) is 18.8 Å². The molecule has 0 saturated carbocycles. The highest BCUT2D eigenvalue weighted by atomic mass is 16.2. The Morgan fingerprint density at radius 2 is 1.90 bits per heavy atom. The van der Waals surface area contributed by atoms with E-state index in [9.17, 15) is 9.59 Å². The summed E-state index contributed by atoms with van der Waals surface area (Å²) in [5.74, 6) is 0.439. The van der Waals surface area contributed by atoms with Crippen LogP contribution in [0.2, 0.25) is 0 Å². The van der Waals surface area contributed by atoms with Gasteiger partial charge in [0.2, 0.25) is 0 Å². The summed E-state index contributed by atoms with van der Waals surface area (Å²) in [4.78, 5) is 34.2. The fourth-order valence-corrected chi connectivity index (χ4v) is 4.43. The van der Waals surface area contributed by atoms with E-state index in [2.05, 4.69) is 34.2 Å². The van der Waals surface area contributed by atoms with Gasteiger partial charge in [0.1, 0.15) is 0 Å². The van der Waals surface area contributed by atoms with Gasteiger partial charge in [0.15, 0.2) is 5.65 Å². The summed E-state index contributed by atoms with van der Waals surface area (Å²) in [6, 6.07) is 20.0. The highest BCUT2D eigenvalue weighted by molar-refractivity contribution is 5.95. The molecule has 1 fully saturated rings. The first-order valence-corrected chi connectivity index (χ1v) is 10.6. The van der Waals surface area contributed by atoms with Crippen LogP contribution < -0.4 is 5.69 Å². The van der Waals surface area contributed by atoms with E-state index in [1.54, 1.807) is 13.2 Å². The molecule has 1 unspecified atom stereocenters. The molecule has 1 aliphatic heterocycles. The molecular formula is C25H24N4O2. The minimum Gasteiger partial charge on any atom is -0.338 e. The van der Waals surface area contributed by atoms with Crippen molar-refractivity contribution in [3.63, 3.8) is 0 Å². The second-order valence-electron chi connectivity index (χ2n) is 8.16. The van der Waals surface area contributed by atoms with E-state index in [1.807, 2.05) is 41.3 Å². The summed E-state index contributed by atoms with van der Waals surface area (Å²) >= 11 is 0. The Bertz CT molecular complexity index is 1310. The molecule has 1 aliphatic rings. The number of imidazole rings is 1. The number of aromatic amines is 1. The topological polar surface area (TPSA) is 71.0 Å². The van der Waals surface area contributed by atoms with Gasteiger partial charge in [0, 0.05) is 43.4 Å². The molecule has 156 valence electrons. The lowest BCUT2D eigenvalue weighted by molar-refractivity contribution is 0.0707. The average molecular weight is 412 g/mol. The zero-order chi connectivity index (χ0) is 21.4. The molecule has 1 amide bonds. The first kappa shape index (κ1) is 19.3. The van der Waals surface area contributed by atoms with Crippen LogP contribution in [0.25, 0.3) is 22.3 Å². The van der Waals surface area contributed by atoms with Crippen LogP contribution in [-0.4, -0.2) is 38.4 Å². The Balaban J connectivity index is 1.41. The smallest absolute Gasteiger partial charge is 0.327 e. The molecule has 6 nitrogen and oxygen atoms in total. The monoisotopic (exact) mass is 412 g/mol. The van der Waals surface area contributed by atoms with Gasteiger partial charge in [-0.3, -0.25) is 14.3 Å². The zero-order valence-corrected chi connectivity index (χ0v) is 17.4. The maximum Gasteiger partial charge on any atom is 0.327 e. The summed E-state index contributed by atoms with van der Waals surface area (Å²) in [7, 11) is 1.71. The van der Waals surface area contributed by atoms with Crippen LogP contribution in [0, 0.1) is 0 Å². The first-order chi connectivity index (χ1) is 15.1. The molecule has 0 radical (unpaired) electrons. The van der Waals surface area contributed by atoms with Crippen LogP contribution in [0.3, 0.4) is 0 Å². The molecule has 6 heteroatoms. The molecule has 5 rings (SSSR count). The van der Waals surface area contributed by atoms with Crippen LogP contribution >= 0.6 is 0 Å². The van der Waals surface area contributed by atoms with Gasteiger partial charge in [-0.25, -0.2) is 9.78 Å². The lowest BCUT2D eigenvalue weighted by Gasteiger charge is -2.33. The van der Waals surface area contributed by atoms with E-state index in [4.69, 9.17) is 0 Å². The number of carbonyl (C=O) groups is 1. The Morgan fingerprint density at radius 3 is 2.74 bits per heavy atom. The molecule has 3 heterocycles. The number of pyridine rings is 1. The van der Waals surface area contributed by atoms with E-state index >= 15 is 0 Å². The quantitative estimate of drug-likeness (QED) is 0.554. The number of carbonyl (C=O) groups excluding carboxylic acids is 1. The Hall–Kier alpha value is -3.67. The fourth-order valence-electron chi connectivity index (χ4n) is 4.43. The number of likely N-dealkylation sites (tertiary alicyclic amines) is 1. The third-order valence-corrected chi connectivity index (χ3v) is 6.18. The lowest BCUT2D eigenvalue weighted by atomic mass is 9.90. The van der Waals surface area contributed by atoms with Crippen molar-refractivity contribution in [3.05, 3.63) is 88.5 Å². The predicted octanol–water partition coefficient (Wildman–Crippen LogP) is 3.95. The third-order valence-electron chi connectivity index (χ3n) is 6.18. The molecule has 2 aromatic carbocycles. The van der Waals surface area contributed by atoms with Crippen molar-refractivity contribution in [3.8, 4) is 11.1 Å². The van der Waals surface area contributed by atoms with Crippen molar-refractivity contribution < 1.29 is 4.79 Å². The van der Waals surface area contributed by atoms with Crippen molar-refractivity contribution in [2.24, 2.45) is 7.05 Å². The standard InChI is InChI=1S/C25H24N4O2/c1-28-22-14-21(15-26-23(22)27-25(28)31)18-9-5-10-19(13-18)24(30)29-12-6-11-20(16-29)17-7-3-2-4-8-17/h2-5,7-10,13-15,20H,6,11-12,16H2,1H3,(H,26,27,31). The summed E-state index contributed by atoms with van der Waals surface area (Å²) < 4.78 is 1.54. The number of amides is 1. The maximum atomic E-state index is 13.3. The summed E-state index contributed by atoms with van der Waals surface area (Å²) in [5.41, 5.74) is 4.86. The van der Waals surface area contributed by atoms with Gasteiger partial charge in [0.25, 0.3) is 5.91 Å². The number of hydrogen-bond acceptors (Lipinski definition) is 3. The van der Waals surface area contributed by atoms with Crippen LogP contribution in [0.1, 0.15) is 34.7 Å². The average Bonchev–Trinajstić information content (AvgIpc) is 3.12. The van der Waals surface area contributed by atoms with Crippen molar-refractivity contribution in [2.75, 3.05) is 13.1 Å². The van der Waals surface area contributed by atoms with Gasteiger partial charge >= 0.3 is 5.69 Å². The van der Waals surface area contributed by atoms with Gasteiger partial charge in [-0.05, 0) is 42.2 Å². The van der Waals surface area contributed by atoms with Gasteiger partial charge < -0.3 is 4.90 Å². The molecule has 0 bridgehead atoms. The second kappa shape index (κ2) is 7.87. The number of hydrogen-bond donors (Lipinski definition) is 1. The van der Waals surface area contributed by atoms with Gasteiger partial charge in [-0.2, -0.15) is 0 Å². The molecule has 0 spiro atoms. The number of piperidine rings is 1. The van der Waals surface area contributed by atoms with Crippen LogP contribution in [0.4, 0.5) is 0 Å². The Morgan fingerprint density at radius 1 is 1.06 bits per heavy atom. The summed E-state index contributed by atoms with van der Waals surface area (Å²) in [6.07, 6.45) is 3.84. The largest absolute Gasteiger partial charge is 0.338 e. The Labute approximate surface area is 180 Å². The van der Waals surface area contributed by atoms with Gasteiger partial charge in [0.05, 0.1) is 5.52 Å². The summed E-state index contributed by atoms with van der Waals surface area (Å²) in [5, 5.41) is 0. The number of fused-ring (bicyclic) bond motifs is 1. The molecule has 1 N–H and O–H groups in total. The molecule has 4 aromatic rings. The molecule has 0 aliphatic carbocycles. The number of nitrogens with zero attached hydrogens (tertiary/aromatic N) is 3. The van der Waals surface area contributed by atoms with Crippen LogP contribution in [0.5, 0.6) is 0 Å². The molecular weight excluding hydrogens is 388 g/mol. The van der Waals surface area contributed by atoms with Crippen LogP contribution in [0.15, 0.2) is 71.7 Å². The van der Waals surface area contributed by atoms with Gasteiger partial charge in [-0.1, -0.05) is 42.5 Å². The lowest BCUT2D eigenvalue weighted by Crippen LogP contribution is -2.39. The van der Waals surface area contributed by atoms with E-state index in [-0.39, 0.29) is 11.6 Å². The normalized spacial score (nSPS) is 16.5. The second-order valence-corrected chi connectivity index (χ2v) is 8.16. The van der Waals surface area contributed by atoms with Crippen molar-refractivity contribution in [1.29, 1.82) is 0 Å². The van der Waals surface area contributed by atoms with E-state index in [0.717, 1.165) is 42.6 Å². The van der Waals surface area contributed by atoms with E-state index in [1.165, 1.54) is 10.1 Å². The number of H-pyrrole nitrogens is 1. The molecule has 31 heavy (non-hydrogen) atoms. The number of rotatable bonds is 3. The van der Waals surface area contributed by atoms with E-state index in [0.29, 0.717) is 17.1 Å². The maximum absolute atomic E-state index is 13.3. The third kappa shape index (κ3) is 3.65. The summed E-state index contributed by atoms with van der Waals surface area (Å²) in [6.45, 7) is 1.53. The first-order valence-electron chi connectivity index (χ1n) is 10.6. The van der Waals surface area contributed by atoms with Crippen molar-refractivity contribution >= 4 is 17.1 Å². The molecule has 1 saturated heterocycles. The van der Waals surface area contributed by atoms with E-state index < -0.39 is 0 Å². The molecule has 2 aromatic heterocycles. The van der Waals surface area contributed by atoms with Crippen molar-refractivity contribution in [1.82, 2.24) is 19.4 Å². The highest BCUT2D eigenvalue weighted by Crippen LogP contribution is 2.28. The minimum absolute atomic E-state index is 0.0607. The predicted molar refractivity (Wildman–Crippen MR) is 121 cm³/mol.